The number of benzene rings is 4. The second kappa shape index (κ2) is 16.5. The maximum absolute atomic E-state index is 15.0. The zero-order valence-corrected chi connectivity index (χ0v) is 33.6. The summed E-state index contributed by atoms with van der Waals surface area (Å²) in [7, 11) is -2.19. The third-order valence-corrected chi connectivity index (χ3v) is 13.7. The fourth-order valence-electron chi connectivity index (χ4n) is 8.22. The van der Waals surface area contributed by atoms with Gasteiger partial charge in [-0.1, -0.05) is 66.7 Å². The molecule has 0 spiro atoms. The second-order valence-corrected chi connectivity index (χ2v) is 16.8. The van der Waals surface area contributed by atoms with Crippen LogP contribution in [-0.2, 0) is 34.4 Å². The lowest BCUT2D eigenvalue weighted by molar-refractivity contribution is -0.898. The van der Waals surface area contributed by atoms with Crippen LogP contribution in [-0.4, -0.2) is 108 Å². The van der Waals surface area contributed by atoms with E-state index in [1.807, 2.05) is 0 Å². The number of ether oxygens (including phenoxy) is 5. The molecule has 4 aromatic rings. The first-order chi connectivity index (χ1) is 28.7. The van der Waals surface area contributed by atoms with E-state index in [-0.39, 0.29) is 12.0 Å². The van der Waals surface area contributed by atoms with Crippen LogP contribution in [0.4, 0.5) is 10.5 Å². The van der Waals surface area contributed by atoms with Crippen molar-refractivity contribution in [2.24, 2.45) is 0 Å². The van der Waals surface area contributed by atoms with Gasteiger partial charge in [0.05, 0.1) is 56.9 Å². The van der Waals surface area contributed by atoms with E-state index < -0.39 is 103 Å². The van der Waals surface area contributed by atoms with E-state index in [1.54, 1.807) is 78.9 Å². The number of nitrogens with zero attached hydrogens (tertiary/aromatic N) is 2. The van der Waals surface area contributed by atoms with Crippen LogP contribution in [0.25, 0.3) is 0 Å². The molecular weight excluding hydrogens is 803 g/mol. The lowest BCUT2D eigenvalue weighted by Gasteiger charge is -2.42. The number of amides is 3. The van der Waals surface area contributed by atoms with E-state index in [0.717, 1.165) is 12.1 Å². The number of nitrogens with one attached hydrogen (secondary N) is 1. The number of nitro benzene ring substituents is 1. The first-order valence-electron chi connectivity index (χ1n) is 18.9. The third kappa shape index (κ3) is 7.03. The Hall–Kier alpha value is -5.57. The zero-order valence-electron chi connectivity index (χ0n) is 32.7. The molecule has 4 aromatic carbocycles. The van der Waals surface area contributed by atoms with Crippen LogP contribution in [0.15, 0.2) is 120 Å². The quantitative estimate of drug-likeness (QED) is 0.0615. The first-order valence-corrected chi connectivity index (χ1v) is 20.4. The van der Waals surface area contributed by atoms with Crippen LogP contribution in [0.1, 0.15) is 36.5 Å². The minimum atomic E-state index is -5.22. The Morgan fingerprint density at radius 1 is 0.883 bits per heavy atom. The summed E-state index contributed by atoms with van der Waals surface area (Å²) in [5, 5.41) is 48.2. The lowest BCUT2D eigenvalue weighted by Crippen LogP contribution is -2.67. The molecule has 0 aromatic heterocycles. The number of sulfone groups is 1. The van der Waals surface area contributed by atoms with E-state index in [0.29, 0.717) is 28.2 Å². The van der Waals surface area contributed by atoms with Crippen LogP contribution in [0.5, 0.6) is 11.5 Å². The molecule has 1 unspecified atom stereocenters. The fraction of sp³-hybridized carbons (Fsp3) is 0.333. The van der Waals surface area contributed by atoms with Gasteiger partial charge in [-0.3, -0.25) is 14.9 Å². The Morgan fingerprint density at radius 3 is 2.00 bits per heavy atom. The number of methoxy groups -OCH3 is 2. The number of urea groups is 1. The van der Waals surface area contributed by atoms with Crippen molar-refractivity contribution >= 4 is 27.5 Å². The van der Waals surface area contributed by atoms with Crippen LogP contribution in [0.3, 0.4) is 0 Å². The molecule has 17 nitrogen and oxygen atoms in total. The first kappa shape index (κ1) is 42.6. The van der Waals surface area contributed by atoms with E-state index >= 15 is 0 Å². The van der Waals surface area contributed by atoms with Crippen LogP contribution >= 0.6 is 0 Å². The number of aliphatic hydroxyl groups is 3. The Morgan fingerprint density at radius 2 is 1.45 bits per heavy atom. The topological polar surface area (TPSA) is 230 Å². The monoisotopic (exact) mass is 846 g/mol. The molecule has 316 valence electrons. The van der Waals surface area contributed by atoms with E-state index in [2.05, 4.69) is 5.32 Å². The molecule has 0 saturated carbocycles. The van der Waals surface area contributed by atoms with Gasteiger partial charge in [-0.05, 0) is 53.9 Å². The SMILES string of the molecule is COc1ccc(C(OC[C@H]2O[C@@H]([N+]3([C@H]4C[C@H](O)[C@@H](CO)O4)C=C(C)C(=O)NC3=O)C[C@]2(O)S(=O)(=O)c2ccccc2[N+](=O)[O-])(c2ccccc2)c2ccc(OC)cc2)cc1. The molecule has 3 amide bonds. The highest BCUT2D eigenvalue weighted by Gasteiger charge is 2.68. The van der Waals surface area contributed by atoms with Gasteiger partial charge in [-0.15, -0.1) is 0 Å². The van der Waals surface area contributed by atoms with E-state index in [1.165, 1.54) is 39.5 Å². The summed E-state index contributed by atoms with van der Waals surface area (Å²) in [4.78, 5) is 34.5. The molecule has 60 heavy (non-hydrogen) atoms. The molecule has 2 fully saturated rings. The molecule has 3 aliphatic heterocycles. The number of hydrogen-bond donors (Lipinski definition) is 4. The molecule has 2 saturated heterocycles. The van der Waals surface area contributed by atoms with Crippen molar-refractivity contribution in [3.8, 4) is 11.5 Å². The van der Waals surface area contributed by atoms with Gasteiger partial charge in [-0.2, -0.15) is 4.48 Å². The molecule has 3 heterocycles. The van der Waals surface area contributed by atoms with Gasteiger partial charge in [0, 0.05) is 6.07 Å². The number of nitro groups is 1. The van der Waals surface area contributed by atoms with Crippen molar-refractivity contribution in [1.29, 1.82) is 0 Å². The van der Waals surface area contributed by atoms with Gasteiger partial charge in [0.15, 0.2) is 0 Å². The molecular formula is C42H44N3O14S+. The minimum Gasteiger partial charge on any atom is -0.497 e. The van der Waals surface area contributed by atoms with E-state index in [4.69, 9.17) is 23.7 Å². The highest BCUT2D eigenvalue weighted by atomic mass is 32.2. The number of imide groups is 1. The van der Waals surface area contributed by atoms with Crippen molar-refractivity contribution in [1.82, 2.24) is 5.32 Å². The van der Waals surface area contributed by atoms with Gasteiger partial charge in [0.25, 0.3) is 11.6 Å². The third-order valence-electron chi connectivity index (χ3n) is 11.4. The molecule has 7 rings (SSSR count). The van der Waals surface area contributed by atoms with Crippen molar-refractivity contribution < 1.29 is 66.4 Å². The summed E-state index contributed by atoms with van der Waals surface area (Å²) in [5.74, 6) is 0.291. The average Bonchev–Trinajstić information content (AvgIpc) is 3.83. The Bertz CT molecular complexity index is 2350. The highest BCUT2D eigenvalue weighted by Crippen LogP contribution is 2.49. The molecule has 0 radical (unpaired) electrons. The van der Waals surface area contributed by atoms with Gasteiger partial charge >= 0.3 is 6.03 Å². The lowest BCUT2D eigenvalue weighted by atomic mass is 9.80. The summed E-state index contributed by atoms with van der Waals surface area (Å²) in [5.41, 5.74) is -0.750. The Balaban J connectivity index is 1.42. The molecule has 3 aliphatic rings. The number of carbonyl (C=O) groups is 2. The predicted molar refractivity (Wildman–Crippen MR) is 211 cm³/mol. The summed E-state index contributed by atoms with van der Waals surface area (Å²) in [6.07, 6.45) is -7.40. The smallest absolute Gasteiger partial charge is 0.432 e. The van der Waals surface area contributed by atoms with Gasteiger partial charge in [0.1, 0.15) is 40.4 Å². The van der Waals surface area contributed by atoms with Crippen LogP contribution in [0, 0.1) is 10.1 Å². The maximum atomic E-state index is 15.0. The van der Waals surface area contributed by atoms with Crippen molar-refractivity contribution in [2.45, 2.75) is 66.0 Å². The number of aliphatic hydroxyl groups excluding tert-OH is 2. The summed E-state index contributed by atoms with van der Waals surface area (Å²) >= 11 is 0. The van der Waals surface area contributed by atoms with Crippen LogP contribution in [0.2, 0.25) is 0 Å². The van der Waals surface area contributed by atoms with Crippen molar-refractivity contribution in [2.75, 3.05) is 27.4 Å². The molecule has 0 bridgehead atoms. The number of carbonyl (C=O) groups excluding carboxylic acids is 2. The number of hydrogen-bond acceptors (Lipinski definition) is 14. The second-order valence-electron chi connectivity index (χ2n) is 14.7. The van der Waals surface area contributed by atoms with Crippen molar-refractivity contribution in [3.63, 3.8) is 0 Å². The minimum absolute atomic E-state index is 0.00404. The molecule has 4 N–H and O–H groups in total. The van der Waals surface area contributed by atoms with E-state index in [9.17, 15) is 43.4 Å². The van der Waals surface area contributed by atoms with Gasteiger partial charge < -0.3 is 39.0 Å². The van der Waals surface area contributed by atoms with Gasteiger partial charge in [-0.25, -0.2) is 18.5 Å². The summed E-state index contributed by atoms with van der Waals surface area (Å²) < 4.78 is 59.2. The normalized spacial score (nSPS) is 27.0. The van der Waals surface area contributed by atoms with Crippen LogP contribution < -0.4 is 14.8 Å². The summed E-state index contributed by atoms with van der Waals surface area (Å²) in [6, 6.07) is 26.3. The standard InChI is InChI=1S/C42H43N3O14S/c1-26-23-45(40(49)43-39(26)48,37-21-33(47)34(24-46)58-37)38-22-41(50,60(53,54)35-12-8-7-11-32(35)44(51)52)36(59-38)25-57-42(27-9-5-4-6-10-27,28-13-17-30(55-2)18-14-28)29-15-19-31(56-3)20-16-29/h4-20,23,33-34,36-38,46-47,50H,21-22,24-25H2,1-3H3/p+1/t33-,34+,36+,37+,38+,41-,45?/m0/s1. The summed E-state index contributed by atoms with van der Waals surface area (Å²) in [6.45, 7) is 0.0288. The van der Waals surface area contributed by atoms with Crippen molar-refractivity contribution in [3.05, 3.63) is 142 Å². The average molecular weight is 847 g/mol. The number of rotatable bonds is 14. The zero-order chi connectivity index (χ0) is 43.0. The highest BCUT2D eigenvalue weighted by molar-refractivity contribution is 7.92. The fourth-order valence-corrected chi connectivity index (χ4v) is 10.1. The van der Waals surface area contributed by atoms with Gasteiger partial charge in [0.2, 0.25) is 27.2 Å². The Kier molecular flexibility index (Phi) is 11.7. The molecule has 7 atom stereocenters. The molecule has 18 heteroatoms. The number of para-hydroxylation sites is 1. The largest absolute Gasteiger partial charge is 0.497 e. The predicted octanol–water partition coefficient (Wildman–Crippen LogP) is 3.64. The molecule has 0 aliphatic carbocycles. The Labute approximate surface area is 345 Å². The maximum Gasteiger partial charge on any atom is 0.432 e. The number of quaternary nitrogens is 1.